The van der Waals surface area contributed by atoms with Crippen LogP contribution in [0, 0.1) is 0 Å². The Labute approximate surface area is 196 Å². The van der Waals surface area contributed by atoms with Crippen LogP contribution in [0.3, 0.4) is 0 Å². The van der Waals surface area contributed by atoms with Crippen LogP contribution in [0.15, 0.2) is 28.5 Å². The zero-order valence-corrected chi connectivity index (χ0v) is 20.5. The van der Waals surface area contributed by atoms with Gasteiger partial charge in [-0.25, -0.2) is 9.38 Å². The summed E-state index contributed by atoms with van der Waals surface area (Å²) in [5, 5.41) is 13.2. The highest BCUT2D eigenvalue weighted by molar-refractivity contribution is 7.99. The van der Waals surface area contributed by atoms with Crippen molar-refractivity contribution in [1.82, 2.24) is 19.6 Å². The van der Waals surface area contributed by atoms with Gasteiger partial charge in [0.2, 0.25) is 0 Å². The first-order chi connectivity index (χ1) is 14.4. The Balaban J connectivity index is 1.60. The van der Waals surface area contributed by atoms with Crippen LogP contribution in [0.2, 0.25) is 10.0 Å². The van der Waals surface area contributed by atoms with E-state index < -0.39 is 0 Å². The molecule has 5 rings (SSSR count). The molecule has 0 amide bonds. The number of thioether (sulfide) groups is 2. The molecule has 0 spiro atoms. The second-order valence-electron chi connectivity index (χ2n) is 7.67. The lowest BCUT2D eigenvalue weighted by molar-refractivity contribution is -0.0379. The molecule has 3 aromatic heterocycles. The van der Waals surface area contributed by atoms with Crippen molar-refractivity contribution < 1.29 is 4.74 Å². The summed E-state index contributed by atoms with van der Waals surface area (Å²) >= 11 is 17.3. The second kappa shape index (κ2) is 7.83. The number of fused-ring (bicyclic) bond motifs is 5. The average molecular weight is 497 g/mol. The highest BCUT2D eigenvalue weighted by Crippen LogP contribution is 2.41. The molecule has 0 bridgehead atoms. The number of thiophene rings is 1. The molecule has 0 atom stereocenters. The molecule has 4 aromatic rings. The lowest BCUT2D eigenvalue weighted by atomic mass is 9.94. The maximum absolute atomic E-state index is 6.35. The first-order valence-corrected chi connectivity index (χ1v) is 13.1. The molecule has 0 fully saturated rings. The lowest BCUT2D eigenvalue weighted by Gasteiger charge is -2.30. The van der Waals surface area contributed by atoms with Gasteiger partial charge in [-0.15, -0.1) is 21.5 Å². The van der Waals surface area contributed by atoms with E-state index in [2.05, 4.69) is 28.4 Å². The molecule has 0 radical (unpaired) electrons. The first-order valence-electron chi connectivity index (χ1n) is 9.30. The predicted octanol–water partition coefficient (Wildman–Crippen LogP) is 6.51. The summed E-state index contributed by atoms with van der Waals surface area (Å²) in [5.41, 5.74) is 2.97. The van der Waals surface area contributed by atoms with Gasteiger partial charge in [0, 0.05) is 27.1 Å². The van der Waals surface area contributed by atoms with Crippen molar-refractivity contribution in [3.63, 3.8) is 0 Å². The van der Waals surface area contributed by atoms with Crippen molar-refractivity contribution in [2.75, 3.05) is 6.26 Å². The number of aromatic nitrogens is 4. The van der Waals surface area contributed by atoms with E-state index in [4.69, 9.17) is 32.9 Å². The van der Waals surface area contributed by atoms with Gasteiger partial charge < -0.3 is 4.74 Å². The van der Waals surface area contributed by atoms with Gasteiger partial charge in [0.05, 0.1) is 17.6 Å². The van der Waals surface area contributed by atoms with E-state index >= 15 is 0 Å². The molecule has 0 saturated carbocycles. The Hall–Kier alpha value is -1.03. The van der Waals surface area contributed by atoms with Crippen LogP contribution in [0.5, 0.6) is 0 Å². The molecular formula is C20H18Cl2N4OS3. The van der Waals surface area contributed by atoms with Gasteiger partial charge >= 0.3 is 0 Å². The molecule has 0 saturated heterocycles. The van der Waals surface area contributed by atoms with Crippen molar-refractivity contribution in [2.24, 2.45) is 0 Å². The third-order valence-electron chi connectivity index (χ3n) is 5.07. The molecule has 1 aromatic carbocycles. The van der Waals surface area contributed by atoms with Gasteiger partial charge in [-0.1, -0.05) is 52.8 Å². The highest BCUT2D eigenvalue weighted by Gasteiger charge is 2.31. The van der Waals surface area contributed by atoms with Crippen LogP contribution in [-0.4, -0.2) is 31.4 Å². The number of benzene rings is 1. The van der Waals surface area contributed by atoms with E-state index in [0.717, 1.165) is 38.2 Å². The highest BCUT2D eigenvalue weighted by atomic mass is 35.5. The summed E-state index contributed by atoms with van der Waals surface area (Å²) in [5.74, 6) is 0.672. The third kappa shape index (κ3) is 3.61. The van der Waals surface area contributed by atoms with Gasteiger partial charge in [0.15, 0.2) is 16.0 Å². The Morgan fingerprint density at radius 1 is 1.23 bits per heavy atom. The van der Waals surface area contributed by atoms with Crippen molar-refractivity contribution in [1.29, 1.82) is 0 Å². The summed E-state index contributed by atoms with van der Waals surface area (Å²) in [6.07, 6.45) is 2.87. The molecular weight excluding hydrogens is 479 g/mol. The van der Waals surface area contributed by atoms with Crippen LogP contribution in [0.25, 0.3) is 15.9 Å². The van der Waals surface area contributed by atoms with Crippen molar-refractivity contribution in [3.8, 4) is 0 Å². The number of nitrogens with zero attached hydrogens (tertiary/aromatic N) is 4. The molecule has 30 heavy (non-hydrogen) atoms. The van der Waals surface area contributed by atoms with Crippen LogP contribution >= 0.6 is 58.1 Å². The van der Waals surface area contributed by atoms with Crippen LogP contribution < -0.4 is 0 Å². The quantitative estimate of drug-likeness (QED) is 0.237. The van der Waals surface area contributed by atoms with E-state index in [1.807, 2.05) is 18.4 Å². The molecule has 156 valence electrons. The third-order valence-corrected chi connectivity index (χ3v) is 8.37. The van der Waals surface area contributed by atoms with E-state index in [0.29, 0.717) is 22.4 Å². The monoisotopic (exact) mass is 496 g/mol. The molecule has 0 N–H and O–H groups in total. The van der Waals surface area contributed by atoms with E-state index in [1.54, 1.807) is 40.9 Å². The topological polar surface area (TPSA) is 52.3 Å². The van der Waals surface area contributed by atoms with Gasteiger partial charge in [0.25, 0.3) is 0 Å². The van der Waals surface area contributed by atoms with Gasteiger partial charge in [-0.05, 0) is 43.4 Å². The van der Waals surface area contributed by atoms with Crippen LogP contribution in [-0.2, 0) is 23.5 Å². The van der Waals surface area contributed by atoms with Gasteiger partial charge in [-0.3, -0.25) is 0 Å². The smallest absolute Gasteiger partial charge is 0.198 e. The number of hydrogen-bond donors (Lipinski definition) is 0. The summed E-state index contributed by atoms with van der Waals surface area (Å²) < 4.78 is 8.08. The maximum Gasteiger partial charge on any atom is 0.198 e. The summed E-state index contributed by atoms with van der Waals surface area (Å²) in [6, 6.07) is 5.57. The molecule has 0 unspecified atom stereocenters. The van der Waals surface area contributed by atoms with Gasteiger partial charge in [-0.2, -0.15) is 0 Å². The summed E-state index contributed by atoms with van der Waals surface area (Å²) in [7, 11) is 0. The average Bonchev–Trinajstić information content (AvgIpc) is 3.26. The van der Waals surface area contributed by atoms with Gasteiger partial charge in [0.1, 0.15) is 4.83 Å². The zero-order valence-electron chi connectivity index (χ0n) is 16.5. The minimum Gasteiger partial charge on any atom is -0.370 e. The van der Waals surface area contributed by atoms with E-state index in [-0.39, 0.29) is 5.60 Å². The minimum absolute atomic E-state index is 0.195. The maximum atomic E-state index is 6.35. The van der Waals surface area contributed by atoms with Crippen LogP contribution in [0.4, 0.5) is 0 Å². The summed E-state index contributed by atoms with van der Waals surface area (Å²) in [4.78, 5) is 7.18. The van der Waals surface area contributed by atoms with Crippen molar-refractivity contribution in [2.45, 2.75) is 48.5 Å². The zero-order chi connectivity index (χ0) is 21.0. The fourth-order valence-corrected chi connectivity index (χ4v) is 6.84. The van der Waals surface area contributed by atoms with E-state index in [9.17, 15) is 0 Å². The molecule has 1 aliphatic rings. The SMILES string of the molecule is CSc1nc2sc3c(c2c2nnc(SCc4ccc(Cl)cc4Cl)n12)CC(C)(C)OC3. The Morgan fingerprint density at radius 2 is 2.07 bits per heavy atom. The molecule has 10 heteroatoms. The lowest BCUT2D eigenvalue weighted by Crippen LogP contribution is -2.31. The minimum atomic E-state index is -0.195. The Kier molecular flexibility index (Phi) is 5.44. The standard InChI is InChI=1S/C20H18Cl2N4OS3/c1-20(2)7-12-14(8-27-20)30-17-15(12)16-24-25-19(26(16)18(23-17)28-3)29-9-10-4-5-11(21)6-13(10)22/h4-6H,7-9H2,1-3H3. The molecule has 4 heterocycles. The number of rotatable bonds is 4. The number of halogens is 2. The van der Waals surface area contributed by atoms with Crippen molar-refractivity contribution in [3.05, 3.63) is 44.2 Å². The van der Waals surface area contributed by atoms with Crippen molar-refractivity contribution >= 4 is 73.9 Å². The molecule has 0 aliphatic carbocycles. The first kappa shape index (κ1) is 20.8. The molecule has 1 aliphatic heterocycles. The normalized spacial score (nSPS) is 15.8. The van der Waals surface area contributed by atoms with E-state index in [1.165, 1.54) is 10.4 Å². The number of hydrogen-bond acceptors (Lipinski definition) is 7. The second-order valence-corrected chi connectivity index (χ2v) is 11.3. The molecule has 5 nitrogen and oxygen atoms in total. The largest absolute Gasteiger partial charge is 0.370 e. The summed E-state index contributed by atoms with van der Waals surface area (Å²) in [6.45, 7) is 4.87. The predicted molar refractivity (Wildman–Crippen MR) is 127 cm³/mol. The fourth-order valence-electron chi connectivity index (χ4n) is 3.60. The fraction of sp³-hybridized carbons (Fsp3) is 0.350. The Morgan fingerprint density at radius 3 is 2.83 bits per heavy atom. The Bertz CT molecular complexity index is 1280. The van der Waals surface area contributed by atoms with Crippen LogP contribution in [0.1, 0.15) is 29.9 Å². The number of ether oxygens (including phenoxy) is 1.